The SMILES string of the molecule is N#CCN/C=C(\C=N)Nc1nc(N)c2c(Cl)n[nH]c2n1. The van der Waals surface area contributed by atoms with Crippen molar-refractivity contribution in [2.45, 2.75) is 0 Å². The number of H-pyrrole nitrogens is 1. The molecule has 0 radical (unpaired) electrons. The second kappa shape index (κ2) is 5.85. The summed E-state index contributed by atoms with van der Waals surface area (Å²) in [5.74, 6) is 0.356. The molecular weight excluding hydrogens is 282 g/mol. The van der Waals surface area contributed by atoms with E-state index in [0.717, 1.165) is 6.21 Å². The fraction of sp³-hybridized carbons (Fsp3) is 0.100. The van der Waals surface area contributed by atoms with Gasteiger partial charge in [-0.3, -0.25) is 5.10 Å². The average Bonchev–Trinajstić information content (AvgIpc) is 2.80. The van der Waals surface area contributed by atoms with E-state index in [1.54, 1.807) is 0 Å². The van der Waals surface area contributed by atoms with E-state index in [-0.39, 0.29) is 23.5 Å². The molecule has 0 atom stereocenters. The molecule has 10 heteroatoms. The van der Waals surface area contributed by atoms with Crippen molar-refractivity contribution in [2.75, 3.05) is 17.6 Å². The Morgan fingerprint density at radius 3 is 3.05 bits per heavy atom. The third-order valence-electron chi connectivity index (χ3n) is 2.25. The Kier molecular flexibility index (Phi) is 3.97. The van der Waals surface area contributed by atoms with E-state index in [9.17, 15) is 0 Å². The number of nitrogens with zero attached hydrogens (tertiary/aromatic N) is 4. The van der Waals surface area contributed by atoms with Gasteiger partial charge in [0.05, 0.1) is 11.8 Å². The Morgan fingerprint density at radius 2 is 2.35 bits per heavy atom. The highest BCUT2D eigenvalue weighted by Gasteiger charge is 2.11. The van der Waals surface area contributed by atoms with Crippen LogP contribution in [0.4, 0.5) is 11.8 Å². The maximum absolute atomic E-state index is 8.41. The van der Waals surface area contributed by atoms with Crippen LogP contribution in [0.2, 0.25) is 5.15 Å². The number of nitrogens with one attached hydrogen (secondary N) is 4. The summed E-state index contributed by atoms with van der Waals surface area (Å²) in [6.45, 7) is 0.122. The zero-order chi connectivity index (χ0) is 14.5. The molecule has 6 N–H and O–H groups in total. The van der Waals surface area contributed by atoms with E-state index in [1.165, 1.54) is 6.20 Å². The van der Waals surface area contributed by atoms with Gasteiger partial charge in [-0.2, -0.15) is 20.3 Å². The van der Waals surface area contributed by atoms with E-state index < -0.39 is 0 Å². The Bertz CT molecular complexity index is 711. The predicted octanol–water partition coefficient (Wildman–Crippen LogP) is 0.605. The number of aromatic nitrogens is 4. The van der Waals surface area contributed by atoms with Gasteiger partial charge in [-0.05, 0) is 0 Å². The van der Waals surface area contributed by atoms with Gasteiger partial charge in [0, 0.05) is 12.4 Å². The van der Waals surface area contributed by atoms with Crippen LogP contribution in [-0.2, 0) is 0 Å². The van der Waals surface area contributed by atoms with Crippen molar-refractivity contribution in [1.82, 2.24) is 25.5 Å². The summed E-state index contributed by atoms with van der Waals surface area (Å²) in [5.41, 5.74) is 6.52. The number of allylic oxidation sites excluding steroid dienone is 1. The highest BCUT2D eigenvalue weighted by atomic mass is 35.5. The number of hydrogen-bond donors (Lipinski definition) is 5. The lowest BCUT2D eigenvalue weighted by molar-refractivity contribution is 0.984. The van der Waals surface area contributed by atoms with Gasteiger partial charge < -0.3 is 21.8 Å². The van der Waals surface area contributed by atoms with Gasteiger partial charge in [0.1, 0.15) is 17.7 Å². The zero-order valence-corrected chi connectivity index (χ0v) is 10.9. The van der Waals surface area contributed by atoms with Gasteiger partial charge >= 0.3 is 0 Å². The quantitative estimate of drug-likeness (QED) is 0.307. The van der Waals surface area contributed by atoms with Crippen molar-refractivity contribution >= 4 is 40.6 Å². The number of halogens is 1. The van der Waals surface area contributed by atoms with Crippen molar-refractivity contribution < 1.29 is 0 Å². The summed E-state index contributed by atoms with van der Waals surface area (Å²) >= 11 is 5.84. The van der Waals surface area contributed by atoms with Gasteiger partial charge in [-0.1, -0.05) is 11.6 Å². The highest BCUT2D eigenvalue weighted by molar-refractivity contribution is 6.35. The van der Waals surface area contributed by atoms with Gasteiger partial charge in [-0.25, -0.2) is 0 Å². The van der Waals surface area contributed by atoms with Crippen LogP contribution in [0.5, 0.6) is 0 Å². The number of nitrogens with two attached hydrogens (primary N) is 1. The maximum atomic E-state index is 8.41. The molecule has 2 aromatic heterocycles. The minimum atomic E-state index is 0.122. The summed E-state index contributed by atoms with van der Waals surface area (Å²) < 4.78 is 0. The van der Waals surface area contributed by atoms with Crippen LogP contribution in [-0.4, -0.2) is 32.9 Å². The van der Waals surface area contributed by atoms with Crippen molar-refractivity contribution in [1.29, 1.82) is 10.7 Å². The first kappa shape index (κ1) is 13.6. The average molecular weight is 292 g/mol. The fourth-order valence-corrected chi connectivity index (χ4v) is 1.65. The summed E-state index contributed by atoms with van der Waals surface area (Å²) in [6, 6.07) is 1.91. The second-order valence-corrected chi connectivity index (χ2v) is 3.94. The first-order valence-electron chi connectivity index (χ1n) is 5.40. The maximum Gasteiger partial charge on any atom is 0.231 e. The van der Waals surface area contributed by atoms with Crippen molar-refractivity contribution in [2.24, 2.45) is 0 Å². The number of nitrogen functional groups attached to an aromatic ring is 1. The molecule has 9 nitrogen and oxygen atoms in total. The summed E-state index contributed by atoms with van der Waals surface area (Å²) in [5, 5.41) is 28.2. The van der Waals surface area contributed by atoms with Gasteiger partial charge in [-0.15, -0.1) is 0 Å². The lowest BCUT2D eigenvalue weighted by Gasteiger charge is -2.06. The number of nitriles is 1. The van der Waals surface area contributed by atoms with E-state index in [0.29, 0.717) is 16.7 Å². The second-order valence-electron chi connectivity index (χ2n) is 3.58. The molecule has 20 heavy (non-hydrogen) atoms. The Labute approximate surface area is 118 Å². The zero-order valence-electron chi connectivity index (χ0n) is 10.1. The van der Waals surface area contributed by atoms with Crippen LogP contribution in [0.15, 0.2) is 11.9 Å². The first-order chi connectivity index (χ1) is 9.65. The molecule has 102 valence electrons. The molecule has 0 aliphatic carbocycles. The molecule has 0 amide bonds. The fourth-order valence-electron chi connectivity index (χ4n) is 1.43. The molecule has 2 aromatic rings. The van der Waals surface area contributed by atoms with Gasteiger partial charge in [0.25, 0.3) is 0 Å². The normalized spacial score (nSPS) is 11.1. The molecule has 0 aromatic carbocycles. The monoisotopic (exact) mass is 291 g/mol. The van der Waals surface area contributed by atoms with Crippen LogP contribution in [0.25, 0.3) is 11.0 Å². The van der Waals surface area contributed by atoms with Crippen LogP contribution in [0.1, 0.15) is 0 Å². The molecule has 0 saturated carbocycles. The van der Waals surface area contributed by atoms with Crippen LogP contribution in [0, 0.1) is 16.7 Å². The standard InChI is InChI=1S/C10H10ClN9/c11-7-6-8(14)17-10(18-9(6)20-19-7)16-5(3-13)4-15-2-1-12/h3-4,13,15H,2H2,(H4,14,16,17,18,19,20)/b5-4+,13-3?. The summed E-state index contributed by atoms with van der Waals surface area (Å²) in [4.78, 5) is 8.16. The molecule has 0 aliphatic rings. The third-order valence-corrected chi connectivity index (χ3v) is 2.53. The van der Waals surface area contributed by atoms with E-state index in [2.05, 4.69) is 30.8 Å². The minimum Gasteiger partial charge on any atom is -0.383 e. The van der Waals surface area contributed by atoms with Crippen LogP contribution >= 0.6 is 11.6 Å². The van der Waals surface area contributed by atoms with Gasteiger partial charge in [0.2, 0.25) is 5.95 Å². The molecule has 2 heterocycles. The smallest absolute Gasteiger partial charge is 0.231 e. The lowest BCUT2D eigenvalue weighted by Crippen LogP contribution is -2.12. The molecule has 2 rings (SSSR count). The highest BCUT2D eigenvalue weighted by Crippen LogP contribution is 2.24. The topological polar surface area (TPSA) is 152 Å². The number of aromatic amines is 1. The Hall–Kier alpha value is -2.86. The lowest BCUT2D eigenvalue weighted by atomic mass is 10.4. The molecular formula is C10H10ClN9. The number of rotatable bonds is 5. The van der Waals surface area contributed by atoms with Gasteiger partial charge in [0.15, 0.2) is 10.8 Å². The molecule has 0 aliphatic heterocycles. The number of hydrogen-bond acceptors (Lipinski definition) is 8. The van der Waals surface area contributed by atoms with E-state index in [1.807, 2.05) is 6.07 Å². The summed E-state index contributed by atoms with van der Waals surface area (Å²) in [6.07, 6.45) is 2.51. The van der Waals surface area contributed by atoms with E-state index >= 15 is 0 Å². The first-order valence-corrected chi connectivity index (χ1v) is 5.78. The molecule has 0 unspecified atom stereocenters. The van der Waals surface area contributed by atoms with Crippen LogP contribution in [0.3, 0.4) is 0 Å². The summed E-state index contributed by atoms with van der Waals surface area (Å²) in [7, 11) is 0. The molecule has 0 spiro atoms. The predicted molar refractivity (Wildman–Crippen MR) is 75.2 cm³/mol. The van der Waals surface area contributed by atoms with Crippen molar-refractivity contribution in [3.63, 3.8) is 0 Å². The Morgan fingerprint density at radius 1 is 1.55 bits per heavy atom. The van der Waals surface area contributed by atoms with Crippen molar-refractivity contribution in [3.8, 4) is 6.07 Å². The van der Waals surface area contributed by atoms with E-state index in [4.69, 9.17) is 28.0 Å². The van der Waals surface area contributed by atoms with Crippen LogP contribution < -0.4 is 16.4 Å². The largest absolute Gasteiger partial charge is 0.383 e. The molecule has 0 bridgehead atoms. The number of fused-ring (bicyclic) bond motifs is 1. The minimum absolute atomic E-state index is 0.122. The molecule has 0 saturated heterocycles. The number of anilines is 2. The van der Waals surface area contributed by atoms with Crippen molar-refractivity contribution in [3.05, 3.63) is 17.1 Å². The Balaban J connectivity index is 2.27. The molecule has 0 fully saturated rings. The third kappa shape index (κ3) is 2.76.